The lowest BCUT2D eigenvalue weighted by Crippen LogP contribution is -1.94. The van der Waals surface area contributed by atoms with Crippen LogP contribution < -0.4 is 4.74 Å². The molecule has 1 aromatic heterocycles. The third-order valence-corrected chi connectivity index (χ3v) is 2.22. The second-order valence-corrected chi connectivity index (χ2v) is 3.43. The van der Waals surface area contributed by atoms with E-state index in [0.717, 1.165) is 12.1 Å². The summed E-state index contributed by atoms with van der Waals surface area (Å²) in [4.78, 5) is 13.4. The van der Waals surface area contributed by atoms with Crippen molar-refractivity contribution in [3.63, 3.8) is 0 Å². The first-order chi connectivity index (χ1) is 9.11. The Kier molecular flexibility index (Phi) is 3.34. The lowest BCUT2D eigenvalue weighted by molar-refractivity contribution is -0.387. The van der Waals surface area contributed by atoms with Crippen molar-refractivity contribution < 1.29 is 14.1 Å². The molecule has 19 heavy (non-hydrogen) atoms. The van der Waals surface area contributed by atoms with Crippen molar-refractivity contribution in [2.75, 3.05) is 0 Å². The minimum atomic E-state index is -1.01. The predicted molar refractivity (Wildman–Crippen MR) is 62.1 cm³/mol. The molecule has 2 aromatic rings. The highest BCUT2D eigenvalue weighted by atomic mass is 19.1. The summed E-state index contributed by atoms with van der Waals surface area (Å²) in [5, 5.41) is 19.3. The fraction of sp³-hybridized carbons (Fsp3) is 0. The van der Waals surface area contributed by atoms with Crippen molar-refractivity contribution in [1.82, 2.24) is 4.98 Å². The maximum atomic E-state index is 13.4. The molecule has 0 atom stereocenters. The summed E-state index contributed by atoms with van der Waals surface area (Å²) in [6, 6.07) is 7.99. The van der Waals surface area contributed by atoms with E-state index in [-0.39, 0.29) is 17.2 Å². The fourth-order valence-electron chi connectivity index (χ4n) is 1.38. The van der Waals surface area contributed by atoms with Crippen molar-refractivity contribution in [1.29, 1.82) is 5.26 Å². The maximum absolute atomic E-state index is 13.4. The minimum absolute atomic E-state index is 0.0428. The third-order valence-electron chi connectivity index (χ3n) is 2.22. The van der Waals surface area contributed by atoms with Gasteiger partial charge in [0.1, 0.15) is 11.8 Å². The highest BCUT2D eigenvalue weighted by molar-refractivity contribution is 5.43. The van der Waals surface area contributed by atoms with Gasteiger partial charge in [0.25, 0.3) is 0 Å². The van der Waals surface area contributed by atoms with Crippen molar-refractivity contribution in [3.8, 4) is 17.6 Å². The van der Waals surface area contributed by atoms with E-state index in [4.69, 9.17) is 10.00 Å². The fourth-order valence-corrected chi connectivity index (χ4v) is 1.38. The van der Waals surface area contributed by atoms with Crippen LogP contribution in [-0.2, 0) is 0 Å². The molecule has 94 valence electrons. The van der Waals surface area contributed by atoms with Crippen LogP contribution in [0, 0.1) is 27.3 Å². The SMILES string of the molecule is N#Cc1ncccc1Oc1ccc([N+](=O)[O-])c(F)c1. The van der Waals surface area contributed by atoms with Gasteiger partial charge in [-0.05, 0) is 18.2 Å². The van der Waals surface area contributed by atoms with E-state index >= 15 is 0 Å². The Hall–Kier alpha value is -3.01. The standard InChI is InChI=1S/C12H6FN3O3/c13-9-6-8(3-4-11(9)16(17)18)19-12-2-1-5-15-10(12)7-14/h1-6H. The van der Waals surface area contributed by atoms with Crippen molar-refractivity contribution in [2.24, 2.45) is 0 Å². The molecule has 2 rings (SSSR count). The van der Waals surface area contributed by atoms with Gasteiger partial charge in [-0.1, -0.05) is 0 Å². The number of nitro groups is 1. The Bertz CT molecular complexity index is 682. The van der Waals surface area contributed by atoms with Crippen LogP contribution in [0.1, 0.15) is 5.69 Å². The number of halogens is 1. The van der Waals surface area contributed by atoms with E-state index < -0.39 is 16.4 Å². The lowest BCUT2D eigenvalue weighted by atomic mass is 10.3. The predicted octanol–water partition coefficient (Wildman–Crippen LogP) is 2.79. The number of benzene rings is 1. The number of pyridine rings is 1. The molecule has 6 nitrogen and oxygen atoms in total. The Morgan fingerprint density at radius 2 is 2.21 bits per heavy atom. The van der Waals surface area contributed by atoms with Gasteiger partial charge in [0.15, 0.2) is 11.4 Å². The molecule has 0 amide bonds. The van der Waals surface area contributed by atoms with Crippen LogP contribution in [0.4, 0.5) is 10.1 Å². The van der Waals surface area contributed by atoms with Gasteiger partial charge in [-0.25, -0.2) is 4.98 Å². The maximum Gasteiger partial charge on any atom is 0.305 e. The van der Waals surface area contributed by atoms with E-state index in [1.165, 1.54) is 18.3 Å². The van der Waals surface area contributed by atoms with Crippen LogP contribution in [0.25, 0.3) is 0 Å². The second-order valence-electron chi connectivity index (χ2n) is 3.43. The van der Waals surface area contributed by atoms with Gasteiger partial charge in [-0.15, -0.1) is 0 Å². The van der Waals surface area contributed by atoms with Gasteiger partial charge in [-0.2, -0.15) is 9.65 Å². The molecule has 0 aliphatic rings. The van der Waals surface area contributed by atoms with Crippen molar-refractivity contribution in [2.45, 2.75) is 0 Å². The van der Waals surface area contributed by atoms with Gasteiger partial charge in [0.05, 0.1) is 4.92 Å². The Balaban J connectivity index is 2.32. The largest absolute Gasteiger partial charge is 0.454 e. The molecule has 0 saturated heterocycles. The minimum Gasteiger partial charge on any atom is -0.454 e. The number of nitriles is 1. The topological polar surface area (TPSA) is 89.0 Å². The summed E-state index contributed by atoms with van der Waals surface area (Å²) in [5.41, 5.74) is -0.597. The zero-order valence-electron chi connectivity index (χ0n) is 9.41. The summed E-state index contributed by atoms with van der Waals surface area (Å²) in [6.07, 6.45) is 1.42. The first-order valence-electron chi connectivity index (χ1n) is 5.08. The molecular weight excluding hydrogens is 253 g/mol. The number of nitrogens with zero attached hydrogens (tertiary/aromatic N) is 3. The van der Waals surface area contributed by atoms with Crippen LogP contribution in [-0.4, -0.2) is 9.91 Å². The van der Waals surface area contributed by atoms with E-state index in [1.54, 1.807) is 6.07 Å². The normalized spacial score (nSPS) is 9.68. The van der Waals surface area contributed by atoms with Gasteiger partial charge in [0, 0.05) is 18.3 Å². The second kappa shape index (κ2) is 5.10. The molecule has 0 N–H and O–H groups in total. The zero-order chi connectivity index (χ0) is 13.8. The number of hydrogen-bond acceptors (Lipinski definition) is 5. The van der Waals surface area contributed by atoms with Crippen LogP contribution in [0.2, 0.25) is 0 Å². The quantitative estimate of drug-likeness (QED) is 0.624. The smallest absolute Gasteiger partial charge is 0.305 e. The molecule has 0 spiro atoms. The molecule has 0 aliphatic carbocycles. The number of hydrogen-bond donors (Lipinski definition) is 0. The van der Waals surface area contributed by atoms with Gasteiger partial charge in [0.2, 0.25) is 5.82 Å². The monoisotopic (exact) mass is 259 g/mol. The lowest BCUT2D eigenvalue weighted by Gasteiger charge is -2.06. The highest BCUT2D eigenvalue weighted by Crippen LogP contribution is 2.27. The highest BCUT2D eigenvalue weighted by Gasteiger charge is 2.15. The molecule has 1 aromatic carbocycles. The molecule has 0 bridgehead atoms. The van der Waals surface area contributed by atoms with Gasteiger partial charge < -0.3 is 4.74 Å². The average molecular weight is 259 g/mol. The number of aromatic nitrogens is 1. The van der Waals surface area contributed by atoms with Crippen molar-refractivity contribution >= 4 is 5.69 Å². The summed E-state index contributed by atoms with van der Waals surface area (Å²) < 4.78 is 18.7. The first-order valence-corrected chi connectivity index (χ1v) is 5.08. The Labute approximate surface area is 106 Å². The number of ether oxygens (including phenoxy) is 1. The molecule has 0 aliphatic heterocycles. The molecule has 7 heteroatoms. The molecule has 0 saturated carbocycles. The third kappa shape index (κ3) is 2.63. The summed E-state index contributed by atoms with van der Waals surface area (Å²) in [5.74, 6) is -0.809. The number of rotatable bonds is 3. The Morgan fingerprint density at radius 1 is 1.42 bits per heavy atom. The van der Waals surface area contributed by atoms with Crippen LogP contribution in [0.3, 0.4) is 0 Å². The van der Waals surface area contributed by atoms with Crippen LogP contribution >= 0.6 is 0 Å². The number of nitro benzene ring substituents is 1. The molecule has 0 unspecified atom stereocenters. The molecular formula is C12H6FN3O3. The van der Waals surface area contributed by atoms with E-state index in [0.29, 0.717) is 0 Å². The average Bonchev–Trinajstić information content (AvgIpc) is 2.39. The first kappa shape index (κ1) is 12.4. The molecule has 0 fully saturated rings. The van der Waals surface area contributed by atoms with Crippen LogP contribution in [0.5, 0.6) is 11.5 Å². The van der Waals surface area contributed by atoms with Gasteiger partial charge >= 0.3 is 5.69 Å². The van der Waals surface area contributed by atoms with Crippen LogP contribution in [0.15, 0.2) is 36.5 Å². The van der Waals surface area contributed by atoms with E-state index in [9.17, 15) is 14.5 Å². The van der Waals surface area contributed by atoms with E-state index in [2.05, 4.69) is 4.98 Å². The summed E-state index contributed by atoms with van der Waals surface area (Å²) in [7, 11) is 0. The van der Waals surface area contributed by atoms with E-state index in [1.807, 2.05) is 6.07 Å². The summed E-state index contributed by atoms with van der Waals surface area (Å²) in [6.45, 7) is 0. The molecule has 1 heterocycles. The van der Waals surface area contributed by atoms with Crippen molar-refractivity contribution in [3.05, 3.63) is 58.2 Å². The Morgan fingerprint density at radius 3 is 2.84 bits per heavy atom. The summed E-state index contributed by atoms with van der Waals surface area (Å²) >= 11 is 0. The molecule has 0 radical (unpaired) electrons. The van der Waals surface area contributed by atoms with Gasteiger partial charge in [-0.3, -0.25) is 10.1 Å². The zero-order valence-corrected chi connectivity index (χ0v) is 9.41.